The lowest BCUT2D eigenvalue weighted by Crippen LogP contribution is -2.04. The van der Waals surface area contributed by atoms with Gasteiger partial charge >= 0.3 is 0 Å². The Morgan fingerprint density at radius 2 is 1.96 bits per heavy atom. The minimum absolute atomic E-state index is 0.515. The summed E-state index contributed by atoms with van der Waals surface area (Å²) in [6.07, 6.45) is 1.82. The van der Waals surface area contributed by atoms with Gasteiger partial charge in [0.1, 0.15) is 11.5 Å². The predicted molar refractivity (Wildman–Crippen MR) is 110 cm³/mol. The van der Waals surface area contributed by atoms with Crippen molar-refractivity contribution in [3.05, 3.63) is 66.7 Å². The number of allylic oxidation sites excluding steroid dienone is 1. The third-order valence-electron chi connectivity index (χ3n) is 3.94. The van der Waals surface area contributed by atoms with Gasteiger partial charge in [-0.15, -0.1) is 16.8 Å². The Bertz CT molecular complexity index is 977. The summed E-state index contributed by atoms with van der Waals surface area (Å²) in [6, 6.07) is 16.9. The van der Waals surface area contributed by atoms with Crippen LogP contribution in [-0.2, 0) is 6.54 Å². The Balaban J connectivity index is 1.67. The van der Waals surface area contributed by atoms with Gasteiger partial charge in [0.05, 0.1) is 30.9 Å². The van der Waals surface area contributed by atoms with E-state index in [4.69, 9.17) is 14.7 Å². The fourth-order valence-corrected chi connectivity index (χ4v) is 3.40. The zero-order valence-corrected chi connectivity index (χ0v) is 16.4. The molecule has 7 heteroatoms. The molecule has 6 nitrogen and oxygen atoms in total. The fraction of sp³-hybridized carbons (Fsp3) is 0.190. The molecular formula is C21H20N4O2S. The van der Waals surface area contributed by atoms with Gasteiger partial charge in [-0.2, -0.15) is 5.26 Å². The maximum Gasteiger partial charge on any atom is 0.191 e. The fourth-order valence-electron chi connectivity index (χ4n) is 2.64. The van der Waals surface area contributed by atoms with Crippen molar-refractivity contribution in [3.63, 3.8) is 0 Å². The molecule has 0 aliphatic heterocycles. The molecule has 0 aliphatic rings. The third-order valence-corrected chi connectivity index (χ3v) is 4.87. The second-order valence-corrected chi connectivity index (χ2v) is 6.80. The maximum atomic E-state index is 8.83. The van der Waals surface area contributed by atoms with Crippen LogP contribution < -0.4 is 9.47 Å². The normalized spacial score (nSPS) is 10.3. The topological polar surface area (TPSA) is 73.0 Å². The van der Waals surface area contributed by atoms with E-state index in [-0.39, 0.29) is 0 Å². The number of ether oxygens (including phenoxy) is 2. The van der Waals surface area contributed by atoms with Crippen LogP contribution in [0.15, 0.2) is 66.3 Å². The van der Waals surface area contributed by atoms with Gasteiger partial charge in [-0.3, -0.25) is 4.57 Å². The molecule has 0 atom stereocenters. The molecule has 0 N–H and O–H groups in total. The minimum Gasteiger partial charge on any atom is -0.496 e. The van der Waals surface area contributed by atoms with Crippen molar-refractivity contribution in [2.75, 3.05) is 19.5 Å². The summed E-state index contributed by atoms with van der Waals surface area (Å²) in [5, 5.41) is 18.3. The van der Waals surface area contributed by atoms with E-state index < -0.39 is 0 Å². The third kappa shape index (κ3) is 4.53. The molecule has 0 radical (unpaired) electrons. The van der Waals surface area contributed by atoms with Crippen LogP contribution in [0.25, 0.3) is 11.4 Å². The molecule has 0 spiro atoms. The second-order valence-electron chi connectivity index (χ2n) is 5.74. The summed E-state index contributed by atoms with van der Waals surface area (Å²) < 4.78 is 13.2. The van der Waals surface area contributed by atoms with E-state index in [2.05, 4.69) is 22.8 Å². The van der Waals surface area contributed by atoms with E-state index in [0.717, 1.165) is 28.0 Å². The number of nitrogens with zero attached hydrogens (tertiary/aromatic N) is 4. The number of hydrogen-bond acceptors (Lipinski definition) is 6. The molecule has 3 aromatic rings. The van der Waals surface area contributed by atoms with Gasteiger partial charge in [0, 0.05) is 12.3 Å². The Hall–Kier alpha value is -3.24. The van der Waals surface area contributed by atoms with Gasteiger partial charge in [0.2, 0.25) is 0 Å². The summed E-state index contributed by atoms with van der Waals surface area (Å²) >= 11 is 1.57. The average molecular weight is 392 g/mol. The standard InChI is InChI=1S/C21H20N4O2S/c1-3-12-25-20(18-6-4-5-7-19(18)26-2)23-24-21(25)28-14-13-27-17-10-8-16(15-22)9-11-17/h3-11H,1,12-14H2,2H3. The van der Waals surface area contributed by atoms with Gasteiger partial charge in [0.25, 0.3) is 0 Å². The maximum absolute atomic E-state index is 8.83. The van der Waals surface area contributed by atoms with Crippen molar-refractivity contribution < 1.29 is 9.47 Å². The van der Waals surface area contributed by atoms with E-state index in [1.54, 1.807) is 43.1 Å². The van der Waals surface area contributed by atoms with E-state index in [1.807, 2.05) is 34.9 Å². The Labute approximate surface area is 168 Å². The molecule has 3 rings (SSSR count). The lowest BCUT2D eigenvalue weighted by atomic mass is 10.2. The van der Waals surface area contributed by atoms with E-state index >= 15 is 0 Å². The Kier molecular flexibility index (Phi) is 6.71. The summed E-state index contributed by atoms with van der Waals surface area (Å²) in [5.41, 5.74) is 1.50. The van der Waals surface area contributed by atoms with E-state index in [0.29, 0.717) is 24.5 Å². The van der Waals surface area contributed by atoms with Gasteiger partial charge in [0.15, 0.2) is 11.0 Å². The number of thioether (sulfide) groups is 1. The minimum atomic E-state index is 0.515. The molecule has 1 aromatic heterocycles. The van der Waals surface area contributed by atoms with Gasteiger partial charge in [-0.25, -0.2) is 0 Å². The average Bonchev–Trinajstić information content (AvgIpc) is 3.14. The summed E-state index contributed by atoms with van der Waals surface area (Å²) in [4.78, 5) is 0. The molecule has 0 unspecified atom stereocenters. The first-order chi connectivity index (χ1) is 13.8. The van der Waals surface area contributed by atoms with Crippen molar-refractivity contribution >= 4 is 11.8 Å². The number of benzene rings is 2. The number of nitriles is 1. The number of aromatic nitrogens is 3. The highest BCUT2D eigenvalue weighted by Crippen LogP contribution is 2.30. The van der Waals surface area contributed by atoms with Crippen LogP contribution in [0.4, 0.5) is 0 Å². The molecule has 0 fully saturated rings. The summed E-state index contributed by atoms with van der Waals surface area (Å²) in [7, 11) is 1.64. The molecule has 28 heavy (non-hydrogen) atoms. The lowest BCUT2D eigenvalue weighted by Gasteiger charge is -2.11. The number of para-hydroxylation sites is 1. The summed E-state index contributed by atoms with van der Waals surface area (Å²) in [5.74, 6) is 2.94. The molecule has 0 aliphatic carbocycles. The number of hydrogen-bond donors (Lipinski definition) is 0. The van der Waals surface area contributed by atoms with Gasteiger partial charge < -0.3 is 9.47 Å². The van der Waals surface area contributed by atoms with Crippen LogP contribution in [0.3, 0.4) is 0 Å². The molecule has 2 aromatic carbocycles. The molecule has 0 bridgehead atoms. The van der Waals surface area contributed by atoms with Crippen LogP contribution >= 0.6 is 11.8 Å². The van der Waals surface area contributed by atoms with E-state index in [1.165, 1.54) is 0 Å². The summed E-state index contributed by atoms with van der Waals surface area (Å²) in [6.45, 7) is 4.95. The first kappa shape index (κ1) is 19.5. The van der Waals surface area contributed by atoms with E-state index in [9.17, 15) is 0 Å². The molecule has 1 heterocycles. The largest absolute Gasteiger partial charge is 0.496 e. The highest BCUT2D eigenvalue weighted by molar-refractivity contribution is 7.99. The molecule has 142 valence electrons. The number of rotatable bonds is 9. The number of methoxy groups -OCH3 is 1. The monoisotopic (exact) mass is 392 g/mol. The Morgan fingerprint density at radius 3 is 2.68 bits per heavy atom. The molecule has 0 amide bonds. The highest BCUT2D eigenvalue weighted by atomic mass is 32.2. The molecule has 0 saturated carbocycles. The van der Waals surface area contributed by atoms with Crippen molar-refractivity contribution in [2.24, 2.45) is 0 Å². The predicted octanol–water partition coefficient (Wildman–Crippen LogP) is 4.18. The quantitative estimate of drug-likeness (QED) is 0.309. The molecular weight excluding hydrogens is 372 g/mol. The van der Waals surface area contributed by atoms with Gasteiger partial charge in [-0.05, 0) is 36.4 Å². The van der Waals surface area contributed by atoms with Crippen molar-refractivity contribution in [3.8, 4) is 29.0 Å². The van der Waals surface area contributed by atoms with Crippen LogP contribution in [0.1, 0.15) is 5.56 Å². The smallest absolute Gasteiger partial charge is 0.191 e. The second kappa shape index (κ2) is 9.62. The first-order valence-corrected chi connectivity index (χ1v) is 9.68. The van der Waals surface area contributed by atoms with Crippen LogP contribution in [0.5, 0.6) is 11.5 Å². The zero-order chi connectivity index (χ0) is 19.8. The zero-order valence-electron chi connectivity index (χ0n) is 15.5. The van der Waals surface area contributed by atoms with Crippen molar-refractivity contribution in [1.82, 2.24) is 14.8 Å². The van der Waals surface area contributed by atoms with Crippen molar-refractivity contribution in [1.29, 1.82) is 5.26 Å². The van der Waals surface area contributed by atoms with Crippen LogP contribution in [0.2, 0.25) is 0 Å². The highest BCUT2D eigenvalue weighted by Gasteiger charge is 2.16. The van der Waals surface area contributed by atoms with Crippen molar-refractivity contribution in [2.45, 2.75) is 11.7 Å². The first-order valence-electron chi connectivity index (χ1n) is 8.70. The van der Waals surface area contributed by atoms with Crippen LogP contribution in [0, 0.1) is 11.3 Å². The lowest BCUT2D eigenvalue weighted by molar-refractivity contribution is 0.344. The SMILES string of the molecule is C=CCn1c(SCCOc2ccc(C#N)cc2)nnc1-c1ccccc1OC. The molecule has 0 saturated heterocycles. The van der Waals surface area contributed by atoms with Gasteiger partial charge in [-0.1, -0.05) is 30.0 Å². The Morgan fingerprint density at radius 1 is 1.18 bits per heavy atom. The van der Waals surface area contributed by atoms with Crippen LogP contribution in [-0.4, -0.2) is 34.2 Å².